The first-order chi connectivity index (χ1) is 50.0. The maximum atomic E-state index is 12.0. The second kappa shape index (κ2) is 62.5. The number of nitrogens with one attached hydrogen (secondary N) is 10. The Morgan fingerprint density at radius 1 is 0.309 bits per heavy atom. The summed E-state index contributed by atoms with van der Waals surface area (Å²) in [5, 5.41) is 25.5. The third-order valence-electron chi connectivity index (χ3n) is 9.15. The fraction of sp³-hybridized carbons (Fsp3) is 0.692. The van der Waals surface area contributed by atoms with E-state index in [-0.39, 0.29) is 71.1 Å². The fourth-order valence-electron chi connectivity index (χ4n) is 4.72. The lowest BCUT2D eigenvalue weighted by atomic mass is 10.5. The molecule has 12 N–H and O–H groups in total. The van der Waals surface area contributed by atoms with Crippen molar-refractivity contribution in [3.63, 3.8) is 0 Å². The third kappa shape index (κ3) is 76.6. The van der Waals surface area contributed by atoms with Crippen LogP contribution in [0.3, 0.4) is 0 Å². The zero-order valence-electron chi connectivity index (χ0n) is 56.8. The van der Waals surface area contributed by atoms with Crippen LogP contribution in [0.5, 0.6) is 0 Å². The number of hydrogen-bond donors (Lipinski definition) is 12. The monoisotopic (exact) mass is 1690 g/mol. The number of amides is 10. The molecule has 0 unspecified atom stereocenters. The molecule has 10 amide bonds. The van der Waals surface area contributed by atoms with E-state index < -0.39 is 206 Å². The number of ether oxygens (including phenoxy) is 12. The highest BCUT2D eigenvalue weighted by molar-refractivity contribution is 7.85. The number of carbonyl (C=O) groups is 10. The van der Waals surface area contributed by atoms with Gasteiger partial charge in [-0.25, -0.2) is 0 Å². The molecule has 0 rings (SSSR count). The van der Waals surface area contributed by atoms with Gasteiger partial charge in [0.2, 0.25) is 17.7 Å². The van der Waals surface area contributed by atoms with Gasteiger partial charge in [0.15, 0.2) is 0 Å². The lowest BCUT2D eigenvalue weighted by molar-refractivity contribution is -0.286. The fourth-order valence-corrected chi connectivity index (χ4v) is 4.72. The molecule has 58 heteroatoms. The molecule has 0 aliphatic heterocycles. The molecule has 0 atom stereocenters. The largest absolute Gasteiger partial charge is 0.471 e. The van der Waals surface area contributed by atoms with E-state index in [4.69, 9.17) is 52.3 Å². The van der Waals surface area contributed by atoms with Crippen molar-refractivity contribution in [1.29, 1.82) is 0 Å². The highest BCUT2D eigenvalue weighted by Gasteiger charge is 2.42. The lowest BCUT2D eigenvalue weighted by Crippen LogP contribution is -2.41. The standard InChI is InChI=1S/C16H25N3O6.2C13H16F9N3O6.C4H6F3NO2.C4H10O3.CH4O3S.CH4/c1-4-13(20)17-7-10-23-16(24-11-8-18-14(21)5-2)25-12-9-19-15(22)6-3;2*14-11(15,16)7(26)23-1-4-29-10(30-5-2-24-8(27)12(17,18)19)31-6-3-25-9(28)13(20,21)22;5-4(6,7)3(10)8-1-2-9;1-5-4(6-2)7-3;1-5(2,3)4;/h4-6,16H,1-3,7-12H2,(H,17,20)(H,18,21)(H,19,22);2*10H,1-6H2,(H,23,26)(H,24,27)(H,25,28);9H,1-2H2,(H,8,10);4H,1-3H3;1H3,(H,2,3,4);1H4. The van der Waals surface area contributed by atoms with E-state index in [0.29, 0.717) is 6.26 Å². The van der Waals surface area contributed by atoms with E-state index in [1.54, 1.807) is 0 Å². The van der Waals surface area contributed by atoms with Crippen LogP contribution in [-0.2, 0) is 115 Å². The maximum absolute atomic E-state index is 12.0. The number of methoxy groups -OCH3 is 3. The van der Waals surface area contributed by atoms with Gasteiger partial charge in [0.1, 0.15) is 0 Å². The summed E-state index contributed by atoms with van der Waals surface area (Å²) >= 11 is 0. The van der Waals surface area contributed by atoms with Crippen molar-refractivity contribution in [3.05, 3.63) is 38.0 Å². The number of alkyl halides is 21. The van der Waals surface area contributed by atoms with E-state index in [9.17, 15) is 149 Å². The molecular weight excluding hydrogens is 1610 g/mol. The summed E-state index contributed by atoms with van der Waals surface area (Å²) in [4.78, 5) is 107. The van der Waals surface area contributed by atoms with Gasteiger partial charge in [0.05, 0.1) is 72.3 Å². The van der Waals surface area contributed by atoms with Crippen LogP contribution in [0.25, 0.3) is 0 Å². The van der Waals surface area contributed by atoms with Crippen LogP contribution >= 0.6 is 0 Å². The van der Waals surface area contributed by atoms with Crippen molar-refractivity contribution in [3.8, 4) is 0 Å². The number of halogens is 21. The predicted octanol–water partition coefficient (Wildman–Crippen LogP) is -0.0565. The van der Waals surface area contributed by atoms with Gasteiger partial charge < -0.3 is 115 Å². The van der Waals surface area contributed by atoms with Crippen LogP contribution in [0.1, 0.15) is 7.43 Å². The minimum absolute atomic E-state index is 0. The minimum Gasteiger partial charge on any atom is -0.395 e. The zero-order valence-corrected chi connectivity index (χ0v) is 57.7. The summed E-state index contributed by atoms with van der Waals surface area (Å²) in [6.45, 7) is -3.19. The lowest BCUT2D eigenvalue weighted by Gasteiger charge is -2.19. The number of aliphatic hydroxyl groups is 1. The summed E-state index contributed by atoms with van der Waals surface area (Å²) in [6, 6.07) is 0. The van der Waals surface area contributed by atoms with E-state index in [1.165, 1.54) is 58.5 Å². The smallest absolute Gasteiger partial charge is 0.395 e. The van der Waals surface area contributed by atoms with E-state index in [1.807, 2.05) is 0 Å². The molecule has 0 saturated heterocycles. The molecule has 0 heterocycles. The number of carbonyl (C=O) groups excluding carboxylic acids is 10. The van der Waals surface area contributed by atoms with Gasteiger partial charge in [0.25, 0.3) is 36.0 Å². The van der Waals surface area contributed by atoms with Gasteiger partial charge in [0, 0.05) is 86.8 Å². The van der Waals surface area contributed by atoms with E-state index in [2.05, 4.69) is 49.9 Å². The summed E-state index contributed by atoms with van der Waals surface area (Å²) in [5.41, 5.74) is 0. The Labute approximate surface area is 610 Å². The summed E-state index contributed by atoms with van der Waals surface area (Å²) in [7, 11) is 0.868. The molecule has 0 aromatic rings. The van der Waals surface area contributed by atoms with Crippen LogP contribution < -0.4 is 53.2 Å². The molecule has 648 valence electrons. The molecule has 0 aliphatic rings. The molecule has 0 saturated carbocycles. The van der Waals surface area contributed by atoms with Crippen molar-refractivity contribution in [1.82, 2.24) is 53.2 Å². The average molecular weight is 1690 g/mol. The second-order valence-corrected chi connectivity index (χ2v) is 19.4. The Hall–Kier alpha value is -8.16. The first kappa shape index (κ1) is 115. The minimum atomic E-state index is -5.17. The Balaban J connectivity index is -0.000000253. The van der Waals surface area contributed by atoms with Crippen molar-refractivity contribution >= 4 is 69.2 Å². The molecule has 36 nitrogen and oxygen atoms in total. The Morgan fingerprint density at radius 3 is 0.536 bits per heavy atom. The predicted molar refractivity (Wildman–Crippen MR) is 324 cm³/mol. The molecule has 0 spiro atoms. The van der Waals surface area contributed by atoms with Gasteiger partial charge in [-0.1, -0.05) is 27.2 Å². The second-order valence-electron chi connectivity index (χ2n) is 17.9. The summed E-state index contributed by atoms with van der Waals surface area (Å²) in [5.74, 6) is -16.7. The van der Waals surface area contributed by atoms with Gasteiger partial charge in [-0.05, 0) is 18.2 Å². The molecule has 0 bridgehead atoms. The average Bonchev–Trinajstić information content (AvgIpc) is 0.926. The molecule has 0 aliphatic carbocycles. The quantitative estimate of drug-likeness (QED) is 0.0125. The van der Waals surface area contributed by atoms with Crippen molar-refractivity contribution in [2.75, 3.05) is 159 Å². The van der Waals surface area contributed by atoms with E-state index >= 15 is 0 Å². The number of aliphatic hydroxyl groups excluding tert-OH is 1. The Kier molecular flexibility index (Phi) is 65.4. The SMILES string of the molecule is C.C=CC(=O)NCCOC(OCCNC(=O)C=C)OCCNC(=O)C=C.COC(OC)OC.CS(=O)(=O)O.O=C(NCCO)C(F)(F)F.O=C(NCCOC(OCCNC(=O)C(F)(F)F)OCCNC(=O)C(F)(F)F)C(F)(F)F.O=C(NCCOC(OCCNC(=O)C(F)(F)F)OCCNC(=O)C(F)(F)F)C(F)(F)F. The Morgan fingerprint density at radius 2 is 0.436 bits per heavy atom. The Bertz CT molecular complexity index is 2410. The van der Waals surface area contributed by atoms with Gasteiger partial charge >= 0.3 is 84.6 Å². The van der Waals surface area contributed by atoms with Crippen molar-refractivity contribution in [2.45, 2.75) is 76.6 Å². The molecule has 0 aromatic carbocycles. The van der Waals surface area contributed by atoms with Crippen LogP contribution in [0, 0.1) is 0 Å². The number of rotatable bonds is 44. The van der Waals surface area contributed by atoms with Crippen LogP contribution in [-0.4, -0.2) is 305 Å². The molecule has 0 fully saturated rings. The first-order valence-corrected chi connectivity index (χ1v) is 30.6. The van der Waals surface area contributed by atoms with Crippen LogP contribution in [0.4, 0.5) is 92.2 Å². The zero-order chi connectivity index (χ0) is 85.9. The number of hydrogen-bond acceptors (Lipinski definition) is 25. The molecule has 0 radical (unpaired) electrons. The molecule has 0 aromatic heterocycles. The third-order valence-corrected chi connectivity index (χ3v) is 9.15. The van der Waals surface area contributed by atoms with Gasteiger partial charge in [-0.3, -0.25) is 52.5 Å². The normalized spacial score (nSPS) is 11.6. The van der Waals surface area contributed by atoms with Crippen LogP contribution in [0.15, 0.2) is 38.0 Å². The van der Waals surface area contributed by atoms with E-state index in [0.717, 1.165) is 18.2 Å². The highest BCUT2D eigenvalue weighted by Crippen LogP contribution is 2.18. The van der Waals surface area contributed by atoms with Gasteiger partial charge in [-0.2, -0.15) is 101 Å². The molecule has 110 heavy (non-hydrogen) atoms. The van der Waals surface area contributed by atoms with Gasteiger partial charge in [-0.15, -0.1) is 0 Å². The topological polar surface area (TPSA) is 476 Å². The first-order valence-electron chi connectivity index (χ1n) is 28.8. The highest BCUT2D eigenvalue weighted by atomic mass is 32.2. The van der Waals surface area contributed by atoms with Crippen LogP contribution in [0.2, 0.25) is 0 Å². The van der Waals surface area contributed by atoms with Crippen molar-refractivity contribution < 1.29 is 215 Å². The maximum Gasteiger partial charge on any atom is 0.471 e. The molecular formula is C52H81F21N10O26S. The summed E-state index contributed by atoms with van der Waals surface area (Å²) < 4.78 is 334. The van der Waals surface area contributed by atoms with Crippen molar-refractivity contribution in [2.24, 2.45) is 0 Å². The summed E-state index contributed by atoms with van der Waals surface area (Å²) in [6.07, 6.45) is -31.7.